The molecule has 4 heteroatoms. The molecule has 4 N–H and O–H groups in total. The molecule has 1 aromatic carbocycles. The van der Waals surface area contributed by atoms with Crippen LogP contribution in [0.1, 0.15) is 10.4 Å². The van der Waals surface area contributed by atoms with Gasteiger partial charge in [-0.05, 0) is 18.2 Å². The molecule has 0 amide bonds. The van der Waals surface area contributed by atoms with Crippen LogP contribution in [0.2, 0.25) is 0 Å². The molecule has 0 unspecified atom stereocenters. The third-order valence-electron chi connectivity index (χ3n) is 1.84. The number of nitrogens with two attached hydrogens (primary N) is 2. The Labute approximate surface area is 79.0 Å². The minimum atomic E-state index is 0.594. The lowest BCUT2D eigenvalue weighted by atomic mass is 10.1. The number of hydrogen-bond donors (Lipinski definition) is 2. The quantitative estimate of drug-likeness (QED) is 0.535. The SMILES string of the molecule is Nc1cc(C=O)c2cc(N)sc2c1. The third-order valence-corrected chi connectivity index (χ3v) is 2.75. The van der Waals surface area contributed by atoms with Crippen LogP contribution in [-0.2, 0) is 0 Å². The van der Waals surface area contributed by atoms with Gasteiger partial charge in [0.2, 0.25) is 0 Å². The van der Waals surface area contributed by atoms with Gasteiger partial charge in [0.15, 0.2) is 6.29 Å². The van der Waals surface area contributed by atoms with Crippen molar-refractivity contribution < 1.29 is 4.79 Å². The Balaban J connectivity index is 2.88. The number of fused-ring (bicyclic) bond motifs is 1. The molecule has 0 aliphatic heterocycles. The zero-order chi connectivity index (χ0) is 9.42. The predicted octanol–water partition coefficient (Wildman–Crippen LogP) is 1.88. The topological polar surface area (TPSA) is 69.1 Å². The zero-order valence-electron chi connectivity index (χ0n) is 6.78. The van der Waals surface area contributed by atoms with Crippen LogP contribution in [0.4, 0.5) is 10.7 Å². The number of rotatable bonds is 1. The van der Waals surface area contributed by atoms with Crippen molar-refractivity contribution in [1.82, 2.24) is 0 Å². The highest BCUT2D eigenvalue weighted by molar-refractivity contribution is 7.22. The highest BCUT2D eigenvalue weighted by atomic mass is 32.1. The molecule has 0 spiro atoms. The fraction of sp³-hybridized carbons (Fsp3) is 0. The van der Waals surface area contributed by atoms with E-state index >= 15 is 0 Å². The van der Waals surface area contributed by atoms with Crippen LogP contribution in [0.5, 0.6) is 0 Å². The summed E-state index contributed by atoms with van der Waals surface area (Å²) in [6.07, 6.45) is 0.796. The molecule has 0 atom stereocenters. The number of benzene rings is 1. The van der Waals surface area contributed by atoms with Crippen molar-refractivity contribution in [3.8, 4) is 0 Å². The first-order valence-electron chi connectivity index (χ1n) is 3.74. The third kappa shape index (κ3) is 1.25. The Morgan fingerprint density at radius 2 is 2.00 bits per heavy atom. The number of carbonyl (C=O) groups excluding carboxylic acids is 1. The lowest BCUT2D eigenvalue weighted by molar-refractivity contribution is 0.112. The van der Waals surface area contributed by atoms with Crippen molar-refractivity contribution in [3.63, 3.8) is 0 Å². The van der Waals surface area contributed by atoms with Gasteiger partial charge in [-0.3, -0.25) is 4.79 Å². The standard InChI is InChI=1S/C9H8N2OS/c10-6-1-5(4-12)7-3-9(11)13-8(7)2-6/h1-4H,10-11H2. The monoisotopic (exact) mass is 192 g/mol. The maximum Gasteiger partial charge on any atom is 0.150 e. The number of hydrogen-bond acceptors (Lipinski definition) is 4. The molecule has 0 aliphatic carbocycles. The van der Waals surface area contributed by atoms with E-state index in [0.29, 0.717) is 16.3 Å². The molecule has 66 valence electrons. The molecule has 1 heterocycles. The van der Waals surface area contributed by atoms with Gasteiger partial charge in [0.1, 0.15) is 0 Å². The van der Waals surface area contributed by atoms with Gasteiger partial charge in [-0.2, -0.15) is 0 Å². The maximum atomic E-state index is 10.7. The first-order valence-corrected chi connectivity index (χ1v) is 4.56. The largest absolute Gasteiger partial charge is 0.399 e. The van der Waals surface area contributed by atoms with Crippen molar-refractivity contribution in [2.24, 2.45) is 0 Å². The molecule has 0 radical (unpaired) electrons. The van der Waals surface area contributed by atoms with Gasteiger partial charge in [-0.1, -0.05) is 0 Å². The summed E-state index contributed by atoms with van der Waals surface area (Å²) in [5, 5.41) is 1.58. The first kappa shape index (κ1) is 8.07. The van der Waals surface area contributed by atoms with E-state index in [0.717, 1.165) is 16.4 Å². The fourth-order valence-corrected chi connectivity index (χ4v) is 2.22. The second-order valence-electron chi connectivity index (χ2n) is 2.79. The van der Waals surface area contributed by atoms with Crippen LogP contribution < -0.4 is 11.5 Å². The van der Waals surface area contributed by atoms with Crippen LogP contribution in [0.3, 0.4) is 0 Å². The summed E-state index contributed by atoms with van der Waals surface area (Å²) >= 11 is 1.43. The van der Waals surface area contributed by atoms with E-state index in [1.54, 1.807) is 12.1 Å². The molecule has 0 saturated heterocycles. The number of nitrogen functional groups attached to an aromatic ring is 2. The van der Waals surface area contributed by atoms with Crippen LogP contribution in [-0.4, -0.2) is 6.29 Å². The summed E-state index contributed by atoms with van der Waals surface area (Å²) < 4.78 is 0.958. The molecule has 13 heavy (non-hydrogen) atoms. The molecule has 0 fully saturated rings. The van der Waals surface area contributed by atoms with Gasteiger partial charge < -0.3 is 11.5 Å². The minimum Gasteiger partial charge on any atom is -0.399 e. The molecule has 1 aromatic heterocycles. The molecule has 3 nitrogen and oxygen atoms in total. The molecule has 2 rings (SSSR count). The second-order valence-corrected chi connectivity index (χ2v) is 3.90. The average Bonchev–Trinajstić information content (AvgIpc) is 2.43. The van der Waals surface area contributed by atoms with E-state index < -0.39 is 0 Å². The lowest BCUT2D eigenvalue weighted by Crippen LogP contribution is -1.87. The fourth-order valence-electron chi connectivity index (χ4n) is 1.31. The van der Waals surface area contributed by atoms with Crippen LogP contribution in [0.25, 0.3) is 10.1 Å². The Morgan fingerprint density at radius 1 is 1.23 bits per heavy atom. The summed E-state index contributed by atoms with van der Waals surface area (Å²) in [5.41, 5.74) is 12.4. The van der Waals surface area contributed by atoms with Crippen molar-refractivity contribution in [2.45, 2.75) is 0 Å². The van der Waals surface area contributed by atoms with E-state index in [1.165, 1.54) is 11.3 Å². The summed E-state index contributed by atoms with van der Waals surface area (Å²) in [6.45, 7) is 0. The van der Waals surface area contributed by atoms with E-state index in [9.17, 15) is 4.79 Å². The van der Waals surface area contributed by atoms with Crippen molar-refractivity contribution in [1.29, 1.82) is 0 Å². The van der Waals surface area contributed by atoms with Gasteiger partial charge in [0.05, 0.1) is 5.00 Å². The van der Waals surface area contributed by atoms with E-state index in [-0.39, 0.29) is 0 Å². The Kier molecular flexibility index (Phi) is 1.70. The second kappa shape index (κ2) is 2.74. The minimum absolute atomic E-state index is 0.594. The molecule has 0 bridgehead atoms. The van der Waals surface area contributed by atoms with Crippen LogP contribution in [0, 0.1) is 0 Å². The normalized spacial score (nSPS) is 10.5. The summed E-state index contributed by atoms with van der Waals surface area (Å²) in [4.78, 5) is 10.7. The highest BCUT2D eigenvalue weighted by Crippen LogP contribution is 2.31. The van der Waals surface area contributed by atoms with Crippen molar-refractivity contribution in [3.05, 3.63) is 23.8 Å². The Hall–Kier alpha value is -1.55. The van der Waals surface area contributed by atoms with Gasteiger partial charge in [0, 0.05) is 21.3 Å². The predicted molar refractivity (Wildman–Crippen MR) is 56.0 cm³/mol. The van der Waals surface area contributed by atoms with Crippen molar-refractivity contribution in [2.75, 3.05) is 11.5 Å². The summed E-state index contributed by atoms with van der Waals surface area (Å²) in [7, 11) is 0. The van der Waals surface area contributed by atoms with Crippen LogP contribution in [0.15, 0.2) is 18.2 Å². The smallest absolute Gasteiger partial charge is 0.150 e. The van der Waals surface area contributed by atoms with Crippen molar-refractivity contribution >= 4 is 38.4 Å². The highest BCUT2D eigenvalue weighted by Gasteiger charge is 2.05. The number of aldehydes is 1. The Bertz CT molecular complexity index is 476. The van der Waals surface area contributed by atoms with Gasteiger partial charge in [-0.15, -0.1) is 11.3 Å². The molecule has 2 aromatic rings. The average molecular weight is 192 g/mol. The van der Waals surface area contributed by atoms with E-state index in [2.05, 4.69) is 0 Å². The maximum absolute atomic E-state index is 10.7. The summed E-state index contributed by atoms with van der Waals surface area (Å²) in [6, 6.07) is 5.27. The first-order chi connectivity index (χ1) is 6.20. The molecular weight excluding hydrogens is 184 g/mol. The number of anilines is 2. The summed E-state index contributed by atoms with van der Waals surface area (Å²) in [5.74, 6) is 0. The Morgan fingerprint density at radius 3 is 2.69 bits per heavy atom. The molecule has 0 saturated carbocycles. The van der Waals surface area contributed by atoms with Gasteiger partial charge >= 0.3 is 0 Å². The number of carbonyl (C=O) groups is 1. The van der Waals surface area contributed by atoms with Crippen LogP contribution >= 0.6 is 11.3 Å². The zero-order valence-corrected chi connectivity index (χ0v) is 7.60. The van der Waals surface area contributed by atoms with Gasteiger partial charge in [0.25, 0.3) is 0 Å². The van der Waals surface area contributed by atoms with E-state index in [1.807, 2.05) is 6.07 Å². The molecule has 0 aliphatic rings. The van der Waals surface area contributed by atoms with Gasteiger partial charge in [-0.25, -0.2) is 0 Å². The lowest BCUT2D eigenvalue weighted by Gasteiger charge is -1.96. The van der Waals surface area contributed by atoms with E-state index in [4.69, 9.17) is 11.5 Å². The number of thiophene rings is 1. The molecular formula is C9H8N2OS.